The van der Waals surface area contributed by atoms with Crippen LogP contribution in [0, 0.1) is 5.92 Å². The highest BCUT2D eigenvalue weighted by molar-refractivity contribution is 5.83. The van der Waals surface area contributed by atoms with Gasteiger partial charge < -0.3 is 25.2 Å². The molecule has 172 valence electrons. The SMILES string of the molecule is CCCCCCCN1CC[C@H](NC[C@H](O)c2ccnc3ccc(OC)cc23)[C@@H](CO)C1. The predicted octanol–water partition coefficient (Wildman–Crippen LogP) is 3.52. The van der Waals surface area contributed by atoms with Gasteiger partial charge in [-0.1, -0.05) is 32.6 Å². The summed E-state index contributed by atoms with van der Waals surface area (Å²) in [6.45, 7) is 5.97. The first-order chi connectivity index (χ1) is 15.2. The van der Waals surface area contributed by atoms with Crippen LogP contribution in [0.3, 0.4) is 0 Å². The Kier molecular flexibility index (Phi) is 9.53. The normalized spacial score (nSPS) is 20.8. The third kappa shape index (κ3) is 6.62. The van der Waals surface area contributed by atoms with Gasteiger partial charge in [0.05, 0.1) is 18.7 Å². The zero-order valence-electron chi connectivity index (χ0n) is 19.1. The van der Waals surface area contributed by atoms with Crippen molar-refractivity contribution in [2.45, 2.75) is 57.6 Å². The molecule has 2 heterocycles. The fourth-order valence-corrected chi connectivity index (χ4v) is 4.64. The summed E-state index contributed by atoms with van der Waals surface area (Å²) < 4.78 is 5.34. The van der Waals surface area contributed by atoms with Crippen molar-refractivity contribution in [3.05, 3.63) is 36.0 Å². The zero-order chi connectivity index (χ0) is 22.1. The number of aromatic nitrogens is 1. The molecule has 2 aromatic rings. The first-order valence-corrected chi connectivity index (χ1v) is 11.8. The van der Waals surface area contributed by atoms with Crippen LogP contribution < -0.4 is 10.1 Å². The number of aliphatic hydroxyl groups excluding tert-OH is 2. The van der Waals surface area contributed by atoms with E-state index < -0.39 is 6.10 Å². The summed E-state index contributed by atoms with van der Waals surface area (Å²) >= 11 is 0. The number of fused-ring (bicyclic) bond motifs is 1. The first-order valence-electron chi connectivity index (χ1n) is 11.8. The van der Waals surface area contributed by atoms with Gasteiger partial charge in [0.25, 0.3) is 0 Å². The fraction of sp³-hybridized carbons (Fsp3) is 0.640. The van der Waals surface area contributed by atoms with E-state index in [9.17, 15) is 10.2 Å². The summed E-state index contributed by atoms with van der Waals surface area (Å²) in [6.07, 6.45) is 8.56. The Morgan fingerprint density at radius 3 is 2.84 bits per heavy atom. The molecule has 31 heavy (non-hydrogen) atoms. The molecule has 0 spiro atoms. The number of rotatable bonds is 12. The predicted molar refractivity (Wildman–Crippen MR) is 125 cm³/mol. The van der Waals surface area contributed by atoms with E-state index in [1.165, 1.54) is 32.1 Å². The van der Waals surface area contributed by atoms with Crippen LogP contribution >= 0.6 is 0 Å². The van der Waals surface area contributed by atoms with Gasteiger partial charge in [-0.3, -0.25) is 4.98 Å². The fourth-order valence-electron chi connectivity index (χ4n) is 4.64. The standard InChI is InChI=1S/C25H39N3O3/c1-3-4-5-6-7-13-28-14-11-23(19(17-28)18-29)27-16-25(30)21-10-12-26-24-9-8-20(31-2)15-22(21)24/h8-10,12,15,19,23,25,27,29-30H,3-7,11,13-14,16-18H2,1-2H3/t19-,23+,25+/m1/s1. The minimum atomic E-state index is -0.645. The number of methoxy groups -OCH3 is 1. The van der Waals surface area contributed by atoms with Crippen molar-refractivity contribution in [1.82, 2.24) is 15.2 Å². The molecule has 0 unspecified atom stereocenters. The van der Waals surface area contributed by atoms with E-state index in [0.717, 1.165) is 48.3 Å². The van der Waals surface area contributed by atoms with E-state index in [2.05, 4.69) is 22.1 Å². The molecule has 0 radical (unpaired) electrons. The van der Waals surface area contributed by atoms with Gasteiger partial charge in [-0.25, -0.2) is 0 Å². The summed E-state index contributed by atoms with van der Waals surface area (Å²) in [5, 5.41) is 25.3. The number of nitrogens with zero attached hydrogens (tertiary/aromatic N) is 2. The van der Waals surface area contributed by atoms with E-state index >= 15 is 0 Å². The monoisotopic (exact) mass is 429 g/mol. The average Bonchev–Trinajstić information content (AvgIpc) is 2.81. The van der Waals surface area contributed by atoms with Crippen LogP contribution in [-0.4, -0.2) is 66.0 Å². The molecule has 6 heteroatoms. The highest BCUT2D eigenvalue weighted by Gasteiger charge is 2.28. The van der Waals surface area contributed by atoms with Gasteiger partial charge >= 0.3 is 0 Å². The van der Waals surface area contributed by atoms with E-state index in [1.54, 1.807) is 13.3 Å². The molecule has 1 fully saturated rings. The topological polar surface area (TPSA) is 77.9 Å². The molecule has 3 rings (SSSR count). The zero-order valence-corrected chi connectivity index (χ0v) is 19.1. The molecule has 0 bridgehead atoms. The van der Waals surface area contributed by atoms with E-state index in [1.807, 2.05) is 24.3 Å². The van der Waals surface area contributed by atoms with Crippen molar-refractivity contribution >= 4 is 10.9 Å². The molecule has 3 N–H and O–H groups in total. The van der Waals surface area contributed by atoms with Gasteiger partial charge in [-0.2, -0.15) is 0 Å². The minimum Gasteiger partial charge on any atom is -0.497 e. The third-order valence-electron chi connectivity index (χ3n) is 6.55. The number of likely N-dealkylation sites (tertiary alicyclic amines) is 1. The maximum atomic E-state index is 10.9. The Hall–Kier alpha value is -1.73. The van der Waals surface area contributed by atoms with E-state index in [4.69, 9.17) is 4.74 Å². The van der Waals surface area contributed by atoms with Gasteiger partial charge in [-0.15, -0.1) is 0 Å². The number of benzene rings is 1. The second-order valence-corrected chi connectivity index (χ2v) is 8.76. The molecule has 1 aliphatic heterocycles. The van der Waals surface area contributed by atoms with Crippen molar-refractivity contribution in [3.8, 4) is 5.75 Å². The highest BCUT2D eigenvalue weighted by atomic mass is 16.5. The number of aliphatic hydroxyl groups is 2. The average molecular weight is 430 g/mol. The Balaban J connectivity index is 1.53. The quantitative estimate of drug-likeness (QED) is 0.448. The highest BCUT2D eigenvalue weighted by Crippen LogP contribution is 2.27. The lowest BCUT2D eigenvalue weighted by molar-refractivity contribution is 0.0794. The lowest BCUT2D eigenvalue weighted by Crippen LogP contribution is -2.51. The van der Waals surface area contributed by atoms with Crippen LogP contribution in [0.15, 0.2) is 30.5 Å². The lowest BCUT2D eigenvalue weighted by Gasteiger charge is -2.38. The van der Waals surface area contributed by atoms with Crippen LogP contribution in [0.5, 0.6) is 5.75 Å². The second kappa shape index (κ2) is 12.3. The number of pyridine rings is 1. The van der Waals surface area contributed by atoms with Crippen molar-refractivity contribution in [2.75, 3.05) is 39.9 Å². The number of hydrogen-bond donors (Lipinski definition) is 3. The third-order valence-corrected chi connectivity index (χ3v) is 6.55. The minimum absolute atomic E-state index is 0.176. The smallest absolute Gasteiger partial charge is 0.119 e. The largest absolute Gasteiger partial charge is 0.497 e. The first kappa shape index (κ1) is 23.9. The van der Waals surface area contributed by atoms with Crippen LogP contribution in [-0.2, 0) is 0 Å². The molecule has 1 aromatic heterocycles. The van der Waals surface area contributed by atoms with Gasteiger partial charge in [0, 0.05) is 43.2 Å². The van der Waals surface area contributed by atoms with Crippen LogP contribution in [0.4, 0.5) is 0 Å². The van der Waals surface area contributed by atoms with Crippen molar-refractivity contribution in [3.63, 3.8) is 0 Å². The van der Waals surface area contributed by atoms with Gasteiger partial charge in [-0.05, 0) is 55.8 Å². The Morgan fingerprint density at radius 2 is 2.06 bits per heavy atom. The van der Waals surface area contributed by atoms with Gasteiger partial charge in [0.1, 0.15) is 5.75 Å². The molecule has 6 nitrogen and oxygen atoms in total. The maximum Gasteiger partial charge on any atom is 0.119 e. The van der Waals surface area contributed by atoms with Crippen LogP contribution in [0.1, 0.15) is 57.1 Å². The molecule has 0 saturated carbocycles. The Labute approximate surface area is 186 Å². The summed E-state index contributed by atoms with van der Waals surface area (Å²) in [6, 6.07) is 7.82. The number of piperidine rings is 1. The van der Waals surface area contributed by atoms with Gasteiger partial charge in [0.15, 0.2) is 0 Å². The molecule has 0 aliphatic carbocycles. The summed E-state index contributed by atoms with van der Waals surface area (Å²) in [5.74, 6) is 0.954. The lowest BCUT2D eigenvalue weighted by atomic mass is 9.92. The summed E-state index contributed by atoms with van der Waals surface area (Å²) in [4.78, 5) is 6.89. The van der Waals surface area contributed by atoms with Crippen LogP contribution in [0.2, 0.25) is 0 Å². The number of ether oxygens (including phenoxy) is 1. The van der Waals surface area contributed by atoms with Crippen molar-refractivity contribution < 1.29 is 14.9 Å². The second-order valence-electron chi connectivity index (χ2n) is 8.76. The number of unbranched alkanes of at least 4 members (excludes halogenated alkanes) is 4. The molecule has 0 amide bonds. The molecular formula is C25H39N3O3. The van der Waals surface area contributed by atoms with E-state index in [0.29, 0.717) is 6.54 Å². The summed E-state index contributed by atoms with van der Waals surface area (Å²) in [5.41, 5.74) is 1.69. The molecular weight excluding hydrogens is 390 g/mol. The number of hydrogen-bond acceptors (Lipinski definition) is 6. The molecule has 1 aromatic carbocycles. The molecule has 3 atom stereocenters. The Morgan fingerprint density at radius 1 is 1.23 bits per heavy atom. The molecule has 1 aliphatic rings. The van der Waals surface area contributed by atoms with Crippen molar-refractivity contribution in [1.29, 1.82) is 0 Å². The van der Waals surface area contributed by atoms with Crippen LogP contribution in [0.25, 0.3) is 10.9 Å². The Bertz CT molecular complexity index is 801. The van der Waals surface area contributed by atoms with Crippen molar-refractivity contribution in [2.24, 2.45) is 5.92 Å². The van der Waals surface area contributed by atoms with E-state index in [-0.39, 0.29) is 18.6 Å². The number of nitrogens with one attached hydrogen (secondary N) is 1. The summed E-state index contributed by atoms with van der Waals surface area (Å²) in [7, 11) is 1.64. The van der Waals surface area contributed by atoms with Gasteiger partial charge in [0.2, 0.25) is 0 Å². The molecule has 1 saturated heterocycles. The maximum absolute atomic E-state index is 10.9.